The summed E-state index contributed by atoms with van der Waals surface area (Å²) in [5.41, 5.74) is 0. The number of aliphatic carboxylic acids is 2. The van der Waals surface area contributed by atoms with Crippen LogP contribution in [0, 0.1) is 0 Å². The van der Waals surface area contributed by atoms with E-state index in [1.165, 1.54) is 386 Å². The van der Waals surface area contributed by atoms with Crippen LogP contribution in [0.15, 0.2) is 0 Å². The number of rotatable bonds is 70. The number of hydrogen-bond donors (Lipinski definition) is 0. The third kappa shape index (κ3) is 74.5. The number of carboxylic acids is 2. The maximum absolute atomic E-state index is 10.9. The van der Waals surface area contributed by atoms with Gasteiger partial charge in [-0.05, 0) is 104 Å². The predicted molar refractivity (Wildman–Crippen MR) is 367 cm³/mol. The molecule has 83 heavy (non-hydrogen) atoms. The van der Waals surface area contributed by atoms with Gasteiger partial charge in [0.15, 0.2) is 0 Å². The Morgan fingerprint density at radius 2 is 0.373 bits per heavy atom. The summed E-state index contributed by atoms with van der Waals surface area (Å²) in [5.74, 6) is -1.80. The minimum absolute atomic E-state index is 0. The van der Waals surface area contributed by atoms with Crippen molar-refractivity contribution in [2.75, 3.05) is 26.2 Å². The molecule has 0 aromatic carbocycles. The summed E-state index contributed by atoms with van der Waals surface area (Å²) in [5, 5.41) is 21.7. The molecular formula is C76H152CaN2O4. The fourth-order valence-corrected chi connectivity index (χ4v) is 12.6. The van der Waals surface area contributed by atoms with Gasteiger partial charge in [-0.15, -0.1) is 0 Å². The third-order valence-electron chi connectivity index (χ3n) is 18.4. The fraction of sp³-hybridized carbons (Fsp3) is 0.974. The molecule has 0 bridgehead atoms. The summed E-state index contributed by atoms with van der Waals surface area (Å²) in [6.45, 7) is 18.5. The van der Waals surface area contributed by atoms with E-state index in [-0.39, 0.29) is 50.6 Å². The number of nitrogens with zero attached hydrogens (tertiary/aromatic N) is 2. The molecule has 2 atom stereocenters. The molecule has 0 aromatic heterocycles. The van der Waals surface area contributed by atoms with Crippen molar-refractivity contribution in [2.45, 2.75) is 452 Å². The molecule has 0 N–H and O–H groups in total. The molecule has 0 aliphatic rings. The van der Waals surface area contributed by atoms with E-state index in [0.29, 0.717) is 12.1 Å². The zero-order valence-electron chi connectivity index (χ0n) is 58.1. The van der Waals surface area contributed by atoms with Gasteiger partial charge >= 0.3 is 37.7 Å². The predicted octanol–water partition coefficient (Wildman–Crippen LogP) is 22.7. The summed E-state index contributed by atoms with van der Waals surface area (Å²) in [6.07, 6.45) is 82.5. The van der Waals surface area contributed by atoms with Crippen LogP contribution < -0.4 is 10.2 Å². The second-order valence-electron chi connectivity index (χ2n) is 26.7. The molecule has 0 radical (unpaired) electrons. The molecule has 2 unspecified atom stereocenters. The van der Waals surface area contributed by atoms with Crippen LogP contribution in [-0.2, 0) is 9.59 Å². The van der Waals surface area contributed by atoms with E-state index in [9.17, 15) is 19.8 Å². The van der Waals surface area contributed by atoms with E-state index >= 15 is 0 Å². The number of hydrogen-bond acceptors (Lipinski definition) is 6. The van der Waals surface area contributed by atoms with Crippen molar-refractivity contribution in [3.8, 4) is 0 Å². The molecule has 0 aliphatic heterocycles. The van der Waals surface area contributed by atoms with Gasteiger partial charge in [0.05, 0.1) is 0 Å². The van der Waals surface area contributed by atoms with Gasteiger partial charge in [-0.25, -0.2) is 0 Å². The first-order valence-corrected chi connectivity index (χ1v) is 38.1. The zero-order valence-corrected chi connectivity index (χ0v) is 60.3. The molecule has 0 rings (SSSR count). The number of unbranched alkanes of at least 4 members (excludes halogenated alkanes) is 52. The van der Waals surface area contributed by atoms with Gasteiger partial charge in [0.2, 0.25) is 0 Å². The van der Waals surface area contributed by atoms with Crippen molar-refractivity contribution in [2.24, 2.45) is 0 Å². The number of carboxylic acid groups (broad SMARTS) is 2. The van der Waals surface area contributed by atoms with Crippen molar-refractivity contribution in [1.29, 1.82) is 0 Å². The van der Waals surface area contributed by atoms with Crippen molar-refractivity contribution >= 4 is 49.7 Å². The molecule has 0 amide bonds. The van der Waals surface area contributed by atoms with E-state index in [2.05, 4.69) is 51.3 Å². The standard InChI is InChI=1S/2C38H77NO2.Ca/c2*1-4-6-8-10-12-14-16-18-20-22-24-26-28-30-35-39(37(3)33-32-34-38(40)41)36-31-29-27-25-23-21-19-17-15-13-11-9-7-5-2;/h2*37H,4-36H2,1-3H3,(H,40,41);/q;;+2/p-2. The van der Waals surface area contributed by atoms with Gasteiger partial charge in [-0.1, -0.05) is 362 Å². The van der Waals surface area contributed by atoms with Crippen LogP contribution in [0.2, 0.25) is 0 Å². The van der Waals surface area contributed by atoms with E-state index < -0.39 is 11.9 Å². The van der Waals surface area contributed by atoms with Crippen molar-refractivity contribution < 1.29 is 19.8 Å². The first kappa shape index (κ1) is 87.3. The van der Waals surface area contributed by atoms with Crippen molar-refractivity contribution in [3.05, 3.63) is 0 Å². The first-order valence-electron chi connectivity index (χ1n) is 38.1. The second kappa shape index (κ2) is 76.4. The average molecular weight is 1200 g/mol. The maximum Gasteiger partial charge on any atom is 2.00 e. The average Bonchev–Trinajstić information content (AvgIpc) is 3.46. The summed E-state index contributed by atoms with van der Waals surface area (Å²) >= 11 is 0. The van der Waals surface area contributed by atoms with Gasteiger partial charge in [0, 0.05) is 24.0 Å². The Hall–Kier alpha value is 0.120. The molecule has 0 saturated heterocycles. The Balaban J connectivity index is -0.00000152. The second-order valence-corrected chi connectivity index (χ2v) is 26.7. The van der Waals surface area contributed by atoms with Crippen LogP contribution in [0.3, 0.4) is 0 Å². The Kier molecular flexibility index (Phi) is 80.3. The Morgan fingerprint density at radius 1 is 0.241 bits per heavy atom. The normalized spacial score (nSPS) is 12.2. The van der Waals surface area contributed by atoms with E-state index in [1.54, 1.807) is 0 Å². The van der Waals surface area contributed by atoms with Crippen molar-refractivity contribution in [1.82, 2.24) is 9.80 Å². The maximum atomic E-state index is 10.9. The molecule has 0 saturated carbocycles. The largest absolute Gasteiger partial charge is 2.00 e. The summed E-state index contributed by atoms with van der Waals surface area (Å²) in [4.78, 5) is 27.1. The third-order valence-corrected chi connectivity index (χ3v) is 18.4. The Morgan fingerprint density at radius 3 is 0.506 bits per heavy atom. The molecule has 0 aromatic rings. The molecule has 0 spiro atoms. The smallest absolute Gasteiger partial charge is 0.550 e. The SMILES string of the molecule is CCCCCCCCCCCCCCCCN(CCCCCCCCCCCCCCCC)C(C)CCCC(=O)[O-].CCCCCCCCCCCCCCCCN(CCCCCCCCCCCCCCCC)C(C)CCCC(=O)[O-].[Ca+2]. The molecule has 0 fully saturated rings. The topological polar surface area (TPSA) is 86.7 Å². The molecule has 0 heterocycles. The molecule has 6 nitrogen and oxygen atoms in total. The van der Waals surface area contributed by atoms with Crippen LogP contribution in [0.5, 0.6) is 0 Å². The quantitative estimate of drug-likeness (QED) is 0.0445. The van der Waals surface area contributed by atoms with E-state index in [0.717, 1.165) is 25.7 Å². The monoisotopic (exact) mass is 1200 g/mol. The molecule has 0 aliphatic carbocycles. The number of carbonyl (C=O) groups is 2. The van der Waals surface area contributed by atoms with Crippen LogP contribution in [0.25, 0.3) is 0 Å². The van der Waals surface area contributed by atoms with Crippen LogP contribution in [0.1, 0.15) is 440 Å². The summed E-state index contributed by atoms with van der Waals surface area (Å²) < 4.78 is 0. The van der Waals surface area contributed by atoms with Gasteiger partial charge in [0.1, 0.15) is 0 Å². The van der Waals surface area contributed by atoms with Gasteiger partial charge in [0.25, 0.3) is 0 Å². The fourth-order valence-electron chi connectivity index (χ4n) is 12.6. The minimum atomic E-state index is -0.900. The van der Waals surface area contributed by atoms with Gasteiger partial charge in [-0.2, -0.15) is 0 Å². The van der Waals surface area contributed by atoms with Crippen molar-refractivity contribution in [3.63, 3.8) is 0 Å². The molecule has 7 heteroatoms. The zero-order chi connectivity index (χ0) is 60.1. The van der Waals surface area contributed by atoms with Gasteiger partial charge < -0.3 is 29.6 Å². The first-order chi connectivity index (χ1) is 40.2. The Bertz CT molecular complexity index is 1050. The van der Waals surface area contributed by atoms with Crippen LogP contribution >= 0.6 is 0 Å². The minimum Gasteiger partial charge on any atom is -0.550 e. The van der Waals surface area contributed by atoms with Gasteiger partial charge in [-0.3, -0.25) is 0 Å². The van der Waals surface area contributed by atoms with E-state index in [4.69, 9.17) is 0 Å². The number of carbonyl (C=O) groups excluding carboxylic acids is 2. The summed E-state index contributed by atoms with van der Waals surface area (Å²) in [6, 6.07) is 0.969. The Labute approximate surface area is 553 Å². The molecule has 492 valence electrons. The van der Waals surface area contributed by atoms with Crippen LogP contribution in [-0.4, -0.2) is 97.7 Å². The molecular weight excluding hydrogens is 1040 g/mol. The summed E-state index contributed by atoms with van der Waals surface area (Å²) in [7, 11) is 0. The van der Waals surface area contributed by atoms with Crippen LogP contribution in [0.4, 0.5) is 0 Å². The van der Waals surface area contributed by atoms with E-state index in [1.807, 2.05) is 0 Å².